The van der Waals surface area contributed by atoms with Gasteiger partial charge in [-0.3, -0.25) is 0 Å². The van der Waals surface area contributed by atoms with Gasteiger partial charge in [-0.1, -0.05) is 13.8 Å². The van der Waals surface area contributed by atoms with Crippen molar-refractivity contribution < 1.29 is 18.7 Å². The smallest absolute Gasteiger partial charge is 0.340 e. The minimum absolute atomic E-state index is 0.0626. The van der Waals surface area contributed by atoms with Gasteiger partial charge in [0, 0.05) is 18.8 Å². The van der Waals surface area contributed by atoms with Crippen LogP contribution in [-0.4, -0.2) is 32.3 Å². The Hall–Kier alpha value is -1.82. The molecule has 0 aliphatic heterocycles. The molecule has 0 heterocycles. The number of carbonyl (C=O) groups is 1. The number of anilines is 2. The minimum atomic E-state index is -0.561. The zero-order valence-electron chi connectivity index (χ0n) is 12.7. The van der Waals surface area contributed by atoms with Crippen molar-refractivity contribution in [3.63, 3.8) is 0 Å². The summed E-state index contributed by atoms with van der Waals surface area (Å²) < 4.78 is 24.1. The van der Waals surface area contributed by atoms with Crippen LogP contribution in [0.25, 0.3) is 0 Å². The van der Waals surface area contributed by atoms with Crippen LogP contribution in [0.4, 0.5) is 15.8 Å². The maximum absolute atomic E-state index is 13.8. The van der Waals surface area contributed by atoms with Gasteiger partial charge in [-0.15, -0.1) is 0 Å². The fourth-order valence-corrected chi connectivity index (χ4v) is 1.69. The quantitative estimate of drug-likeness (QED) is 0.438. The van der Waals surface area contributed by atoms with Gasteiger partial charge in [-0.05, 0) is 25.0 Å². The lowest BCUT2D eigenvalue weighted by Gasteiger charge is -2.12. The summed E-state index contributed by atoms with van der Waals surface area (Å²) in [7, 11) is 0. The minimum Gasteiger partial charge on any atom is -0.462 e. The Kier molecular flexibility index (Phi) is 6.94. The first-order valence-corrected chi connectivity index (χ1v) is 7.03. The van der Waals surface area contributed by atoms with E-state index in [1.807, 2.05) is 0 Å². The molecule has 21 heavy (non-hydrogen) atoms. The molecule has 0 spiro atoms. The molecule has 1 aromatic rings. The summed E-state index contributed by atoms with van der Waals surface area (Å²) in [6.45, 7) is 7.59. The molecular weight excluding hydrogens is 275 g/mol. The Labute approximate surface area is 124 Å². The van der Waals surface area contributed by atoms with E-state index in [4.69, 9.17) is 15.2 Å². The lowest BCUT2D eigenvalue weighted by atomic mass is 10.1. The van der Waals surface area contributed by atoms with E-state index in [2.05, 4.69) is 19.2 Å². The second-order valence-corrected chi connectivity index (χ2v) is 5.04. The third-order valence-electron chi connectivity index (χ3n) is 2.65. The molecule has 5 nitrogen and oxygen atoms in total. The van der Waals surface area contributed by atoms with Gasteiger partial charge in [0.05, 0.1) is 24.5 Å². The SMILES string of the molecule is CCOC(=O)c1cc(NCCOCC(C)C)c(F)cc1N. The van der Waals surface area contributed by atoms with E-state index in [1.54, 1.807) is 6.92 Å². The molecule has 0 saturated carbocycles. The van der Waals surface area contributed by atoms with Gasteiger partial charge < -0.3 is 20.5 Å². The first-order chi connectivity index (χ1) is 9.95. The molecule has 1 rings (SSSR count). The molecule has 0 aromatic heterocycles. The number of esters is 1. The van der Waals surface area contributed by atoms with Crippen molar-refractivity contribution in [3.05, 3.63) is 23.5 Å². The summed E-state index contributed by atoms with van der Waals surface area (Å²) in [4.78, 5) is 11.7. The molecule has 0 atom stereocenters. The summed E-state index contributed by atoms with van der Waals surface area (Å²) in [5.41, 5.74) is 6.07. The van der Waals surface area contributed by atoms with Crippen molar-refractivity contribution in [3.8, 4) is 0 Å². The molecule has 118 valence electrons. The first-order valence-electron chi connectivity index (χ1n) is 7.03. The highest BCUT2D eigenvalue weighted by atomic mass is 19.1. The highest BCUT2D eigenvalue weighted by Crippen LogP contribution is 2.22. The first kappa shape index (κ1) is 17.2. The van der Waals surface area contributed by atoms with Gasteiger partial charge in [-0.2, -0.15) is 0 Å². The van der Waals surface area contributed by atoms with Crippen LogP contribution < -0.4 is 11.1 Å². The van der Waals surface area contributed by atoms with E-state index in [0.29, 0.717) is 25.7 Å². The van der Waals surface area contributed by atoms with E-state index in [1.165, 1.54) is 6.07 Å². The van der Waals surface area contributed by atoms with Gasteiger partial charge in [0.2, 0.25) is 0 Å². The van der Waals surface area contributed by atoms with Crippen LogP contribution in [0.5, 0.6) is 0 Å². The standard InChI is InChI=1S/C15H23FN2O3/c1-4-21-15(19)11-7-14(12(16)8-13(11)17)18-5-6-20-9-10(2)3/h7-8,10,18H,4-6,9,17H2,1-3H3. The summed E-state index contributed by atoms with van der Waals surface area (Å²) in [5.74, 6) is -0.618. The monoisotopic (exact) mass is 298 g/mol. The van der Waals surface area contributed by atoms with Crippen LogP contribution >= 0.6 is 0 Å². The normalized spacial score (nSPS) is 10.7. The van der Waals surface area contributed by atoms with Crippen molar-refractivity contribution >= 4 is 17.3 Å². The van der Waals surface area contributed by atoms with Crippen molar-refractivity contribution in [2.45, 2.75) is 20.8 Å². The molecule has 3 N–H and O–H groups in total. The Morgan fingerprint density at radius 3 is 2.76 bits per heavy atom. The number of benzene rings is 1. The topological polar surface area (TPSA) is 73.6 Å². The van der Waals surface area contributed by atoms with Crippen molar-refractivity contribution in [2.24, 2.45) is 5.92 Å². The summed E-state index contributed by atoms with van der Waals surface area (Å²) in [5, 5.41) is 2.89. The van der Waals surface area contributed by atoms with Gasteiger partial charge in [-0.25, -0.2) is 9.18 Å². The number of hydrogen-bond donors (Lipinski definition) is 2. The molecule has 0 fully saturated rings. The summed E-state index contributed by atoms with van der Waals surface area (Å²) in [6.07, 6.45) is 0. The Morgan fingerprint density at radius 1 is 1.43 bits per heavy atom. The molecule has 0 bridgehead atoms. The average molecular weight is 298 g/mol. The van der Waals surface area contributed by atoms with Crippen LogP contribution in [0.2, 0.25) is 0 Å². The predicted molar refractivity (Wildman–Crippen MR) is 80.9 cm³/mol. The number of nitrogens with one attached hydrogen (secondary N) is 1. The largest absolute Gasteiger partial charge is 0.462 e. The number of ether oxygens (including phenoxy) is 2. The van der Waals surface area contributed by atoms with Crippen LogP contribution in [0, 0.1) is 11.7 Å². The molecular formula is C15H23FN2O3. The highest BCUT2D eigenvalue weighted by Gasteiger charge is 2.15. The third kappa shape index (κ3) is 5.59. The van der Waals surface area contributed by atoms with Crippen LogP contribution in [0.1, 0.15) is 31.1 Å². The molecule has 0 aliphatic carbocycles. The van der Waals surface area contributed by atoms with Crippen LogP contribution in [0.3, 0.4) is 0 Å². The second kappa shape index (κ2) is 8.46. The molecule has 1 aromatic carbocycles. The molecule has 0 saturated heterocycles. The number of nitrogen functional groups attached to an aromatic ring is 1. The number of rotatable bonds is 8. The zero-order chi connectivity index (χ0) is 15.8. The summed E-state index contributed by atoms with van der Waals surface area (Å²) >= 11 is 0. The molecule has 0 amide bonds. The third-order valence-corrected chi connectivity index (χ3v) is 2.65. The number of hydrogen-bond acceptors (Lipinski definition) is 5. The van der Waals surface area contributed by atoms with Crippen LogP contribution in [-0.2, 0) is 9.47 Å². The van der Waals surface area contributed by atoms with E-state index in [9.17, 15) is 9.18 Å². The van der Waals surface area contributed by atoms with Crippen molar-refractivity contribution in [1.82, 2.24) is 0 Å². The Morgan fingerprint density at radius 2 is 2.14 bits per heavy atom. The van der Waals surface area contributed by atoms with Crippen LogP contribution in [0.15, 0.2) is 12.1 Å². The lowest BCUT2D eigenvalue weighted by Crippen LogP contribution is -2.14. The van der Waals surface area contributed by atoms with Gasteiger partial charge in [0.15, 0.2) is 0 Å². The van der Waals surface area contributed by atoms with Gasteiger partial charge >= 0.3 is 5.97 Å². The Balaban J connectivity index is 2.65. The number of halogens is 1. The van der Waals surface area contributed by atoms with E-state index < -0.39 is 11.8 Å². The maximum atomic E-state index is 13.8. The van der Waals surface area contributed by atoms with Crippen molar-refractivity contribution in [1.29, 1.82) is 0 Å². The zero-order valence-corrected chi connectivity index (χ0v) is 12.7. The fourth-order valence-electron chi connectivity index (χ4n) is 1.69. The molecule has 0 aliphatic rings. The molecule has 6 heteroatoms. The van der Waals surface area contributed by atoms with E-state index >= 15 is 0 Å². The lowest BCUT2D eigenvalue weighted by molar-refractivity contribution is 0.0527. The second-order valence-electron chi connectivity index (χ2n) is 5.04. The maximum Gasteiger partial charge on any atom is 0.340 e. The number of carbonyl (C=O) groups excluding carboxylic acids is 1. The Bertz CT molecular complexity index is 478. The van der Waals surface area contributed by atoms with Crippen molar-refractivity contribution in [2.75, 3.05) is 37.4 Å². The van der Waals surface area contributed by atoms with E-state index in [0.717, 1.165) is 6.07 Å². The summed E-state index contributed by atoms with van der Waals surface area (Å²) in [6, 6.07) is 2.48. The molecule has 0 unspecified atom stereocenters. The fraction of sp³-hybridized carbons (Fsp3) is 0.533. The van der Waals surface area contributed by atoms with Gasteiger partial charge in [0.1, 0.15) is 5.82 Å². The highest BCUT2D eigenvalue weighted by molar-refractivity contribution is 5.96. The molecule has 0 radical (unpaired) electrons. The van der Waals surface area contributed by atoms with Gasteiger partial charge in [0.25, 0.3) is 0 Å². The average Bonchev–Trinajstić information content (AvgIpc) is 2.40. The number of nitrogens with two attached hydrogens (primary N) is 1. The predicted octanol–water partition coefficient (Wildman–Crippen LogP) is 2.67. The van der Waals surface area contributed by atoms with E-state index in [-0.39, 0.29) is 23.5 Å².